The van der Waals surface area contributed by atoms with Crippen LogP contribution < -0.4 is 4.74 Å². The molecule has 1 aromatic carbocycles. The number of ether oxygens (including phenoxy) is 1. The number of pyridine rings is 1. The lowest BCUT2D eigenvalue weighted by atomic mass is 9.89. The normalized spacial score (nSPS) is 22.1. The van der Waals surface area contributed by atoms with E-state index in [-0.39, 0.29) is 11.7 Å². The van der Waals surface area contributed by atoms with E-state index in [1.165, 1.54) is 6.20 Å². The fraction of sp³-hybridized carbons (Fsp3) is 0.412. The van der Waals surface area contributed by atoms with Gasteiger partial charge >= 0.3 is 5.97 Å². The molecule has 1 heterocycles. The second-order valence-corrected chi connectivity index (χ2v) is 5.82. The summed E-state index contributed by atoms with van der Waals surface area (Å²) in [6.07, 6.45) is 5.73. The van der Waals surface area contributed by atoms with Crippen molar-refractivity contribution < 1.29 is 14.6 Å². The fourth-order valence-electron chi connectivity index (χ4n) is 2.91. The first kappa shape index (κ1) is 13.9. The van der Waals surface area contributed by atoms with Gasteiger partial charge in [0, 0.05) is 11.6 Å². The van der Waals surface area contributed by atoms with Gasteiger partial charge in [-0.1, -0.05) is 19.1 Å². The quantitative estimate of drug-likeness (QED) is 0.929. The molecular weight excluding hydrogens is 266 g/mol. The molecule has 0 unspecified atom stereocenters. The Labute approximate surface area is 123 Å². The van der Waals surface area contributed by atoms with Crippen LogP contribution in [0.2, 0.25) is 0 Å². The van der Waals surface area contributed by atoms with Gasteiger partial charge in [0.25, 0.3) is 0 Å². The van der Waals surface area contributed by atoms with Gasteiger partial charge in [0.15, 0.2) is 0 Å². The van der Waals surface area contributed by atoms with Gasteiger partial charge in [0.1, 0.15) is 11.3 Å². The van der Waals surface area contributed by atoms with E-state index < -0.39 is 5.97 Å². The first-order valence-electron chi connectivity index (χ1n) is 7.43. The number of benzene rings is 1. The third kappa shape index (κ3) is 2.84. The van der Waals surface area contributed by atoms with Gasteiger partial charge in [-0.3, -0.25) is 4.98 Å². The monoisotopic (exact) mass is 285 g/mol. The van der Waals surface area contributed by atoms with Crippen molar-refractivity contribution in [3.05, 3.63) is 36.0 Å². The van der Waals surface area contributed by atoms with Crippen LogP contribution in [0.15, 0.2) is 30.5 Å². The number of hydrogen-bond donors (Lipinski definition) is 1. The Hall–Kier alpha value is -2.10. The molecule has 1 aromatic heterocycles. The van der Waals surface area contributed by atoms with Crippen LogP contribution in [0.3, 0.4) is 0 Å². The van der Waals surface area contributed by atoms with Gasteiger partial charge < -0.3 is 9.84 Å². The van der Waals surface area contributed by atoms with Crippen LogP contribution in [0.5, 0.6) is 5.75 Å². The molecule has 2 aromatic rings. The smallest absolute Gasteiger partial charge is 0.341 e. The average molecular weight is 285 g/mol. The molecule has 0 amide bonds. The summed E-state index contributed by atoms with van der Waals surface area (Å²) in [6, 6.07) is 7.51. The molecule has 110 valence electrons. The predicted octanol–water partition coefficient (Wildman–Crippen LogP) is 3.89. The van der Waals surface area contributed by atoms with Gasteiger partial charge in [0.05, 0.1) is 11.6 Å². The molecule has 1 N–H and O–H groups in total. The van der Waals surface area contributed by atoms with Crippen LogP contribution in [-0.2, 0) is 0 Å². The molecule has 21 heavy (non-hydrogen) atoms. The summed E-state index contributed by atoms with van der Waals surface area (Å²) >= 11 is 0. The molecule has 1 fully saturated rings. The zero-order valence-corrected chi connectivity index (χ0v) is 12.1. The largest absolute Gasteiger partial charge is 0.489 e. The van der Waals surface area contributed by atoms with E-state index in [0.29, 0.717) is 5.75 Å². The standard InChI is InChI=1S/C17H19NO3/c1-11-6-8-12(9-7-11)21-16-13-4-2-3-5-15(13)18-10-14(16)17(19)20/h2-5,10-12H,6-9H2,1H3,(H,19,20). The maximum absolute atomic E-state index is 11.4. The Morgan fingerprint density at radius 2 is 1.95 bits per heavy atom. The number of fused-ring (bicyclic) bond motifs is 1. The summed E-state index contributed by atoms with van der Waals surface area (Å²) in [5, 5.41) is 10.2. The number of carbonyl (C=O) groups is 1. The number of carboxylic acids is 1. The number of nitrogens with zero attached hydrogens (tertiary/aromatic N) is 1. The highest BCUT2D eigenvalue weighted by Gasteiger charge is 2.23. The Balaban J connectivity index is 1.98. The van der Waals surface area contributed by atoms with Crippen molar-refractivity contribution in [3.8, 4) is 5.75 Å². The Bertz CT molecular complexity index is 660. The predicted molar refractivity (Wildman–Crippen MR) is 80.8 cm³/mol. The van der Waals surface area contributed by atoms with E-state index in [1.54, 1.807) is 0 Å². The number of carboxylic acid groups (broad SMARTS) is 1. The summed E-state index contributed by atoms with van der Waals surface area (Å²) in [4.78, 5) is 15.6. The molecule has 0 bridgehead atoms. The van der Waals surface area contributed by atoms with Crippen molar-refractivity contribution in [2.45, 2.75) is 38.7 Å². The molecule has 0 radical (unpaired) electrons. The molecule has 4 nitrogen and oxygen atoms in total. The first-order chi connectivity index (χ1) is 10.1. The number of aromatic nitrogens is 1. The van der Waals surface area contributed by atoms with E-state index in [2.05, 4.69) is 11.9 Å². The molecule has 0 aliphatic heterocycles. The van der Waals surface area contributed by atoms with Gasteiger partial charge in [0.2, 0.25) is 0 Å². The molecule has 0 saturated heterocycles. The highest BCUT2D eigenvalue weighted by molar-refractivity contribution is 5.98. The Kier molecular flexibility index (Phi) is 3.78. The highest BCUT2D eigenvalue weighted by atomic mass is 16.5. The van der Waals surface area contributed by atoms with Crippen LogP contribution in [0.1, 0.15) is 43.0 Å². The van der Waals surface area contributed by atoms with Gasteiger partial charge in [-0.25, -0.2) is 4.79 Å². The van der Waals surface area contributed by atoms with E-state index in [0.717, 1.165) is 42.5 Å². The maximum Gasteiger partial charge on any atom is 0.341 e. The Morgan fingerprint density at radius 3 is 2.67 bits per heavy atom. The zero-order chi connectivity index (χ0) is 14.8. The van der Waals surface area contributed by atoms with Crippen molar-refractivity contribution in [2.75, 3.05) is 0 Å². The lowest BCUT2D eigenvalue weighted by Crippen LogP contribution is -2.24. The number of hydrogen-bond acceptors (Lipinski definition) is 3. The highest BCUT2D eigenvalue weighted by Crippen LogP contribution is 2.33. The van der Waals surface area contributed by atoms with Gasteiger partial charge in [-0.15, -0.1) is 0 Å². The van der Waals surface area contributed by atoms with Crippen LogP contribution >= 0.6 is 0 Å². The van der Waals surface area contributed by atoms with Crippen LogP contribution in [0.4, 0.5) is 0 Å². The average Bonchev–Trinajstić information content (AvgIpc) is 2.49. The third-order valence-corrected chi connectivity index (χ3v) is 4.20. The van der Waals surface area contributed by atoms with E-state index >= 15 is 0 Å². The van der Waals surface area contributed by atoms with Gasteiger partial charge in [-0.05, 0) is 43.7 Å². The van der Waals surface area contributed by atoms with Crippen molar-refractivity contribution in [3.63, 3.8) is 0 Å². The summed E-state index contributed by atoms with van der Waals surface area (Å²) in [7, 11) is 0. The second kappa shape index (κ2) is 5.72. The first-order valence-corrected chi connectivity index (χ1v) is 7.43. The molecule has 1 aliphatic rings. The van der Waals surface area contributed by atoms with E-state index in [4.69, 9.17) is 4.74 Å². The zero-order valence-electron chi connectivity index (χ0n) is 12.1. The molecule has 1 aliphatic carbocycles. The van der Waals surface area contributed by atoms with Crippen molar-refractivity contribution in [1.29, 1.82) is 0 Å². The van der Waals surface area contributed by atoms with Crippen LogP contribution in [-0.4, -0.2) is 22.2 Å². The summed E-state index contributed by atoms with van der Waals surface area (Å²) in [5.41, 5.74) is 0.911. The van der Waals surface area contributed by atoms with Crippen LogP contribution in [0, 0.1) is 5.92 Å². The molecule has 0 spiro atoms. The fourth-order valence-corrected chi connectivity index (χ4v) is 2.91. The molecule has 3 rings (SSSR count). The second-order valence-electron chi connectivity index (χ2n) is 5.82. The molecule has 0 atom stereocenters. The molecular formula is C17H19NO3. The maximum atomic E-state index is 11.4. The molecule has 1 saturated carbocycles. The summed E-state index contributed by atoms with van der Waals surface area (Å²) in [6.45, 7) is 2.25. The van der Waals surface area contributed by atoms with Crippen molar-refractivity contribution in [2.24, 2.45) is 5.92 Å². The summed E-state index contributed by atoms with van der Waals surface area (Å²) < 4.78 is 6.09. The van der Waals surface area contributed by atoms with E-state index in [1.807, 2.05) is 24.3 Å². The number of rotatable bonds is 3. The van der Waals surface area contributed by atoms with Crippen molar-refractivity contribution >= 4 is 16.9 Å². The number of aromatic carboxylic acids is 1. The Morgan fingerprint density at radius 1 is 1.24 bits per heavy atom. The van der Waals surface area contributed by atoms with Crippen LogP contribution in [0.25, 0.3) is 10.9 Å². The lowest BCUT2D eigenvalue weighted by molar-refractivity contribution is 0.0684. The van der Waals surface area contributed by atoms with Crippen molar-refractivity contribution in [1.82, 2.24) is 4.98 Å². The minimum Gasteiger partial charge on any atom is -0.489 e. The minimum absolute atomic E-state index is 0.102. The summed E-state index contributed by atoms with van der Waals surface area (Å²) in [5.74, 6) is 0.207. The van der Waals surface area contributed by atoms with E-state index in [9.17, 15) is 9.90 Å². The van der Waals surface area contributed by atoms with Gasteiger partial charge in [-0.2, -0.15) is 0 Å². The SMILES string of the molecule is CC1CCC(Oc2c(C(=O)O)cnc3ccccc23)CC1. The number of para-hydroxylation sites is 1. The topological polar surface area (TPSA) is 59.4 Å². The molecule has 4 heteroatoms. The third-order valence-electron chi connectivity index (χ3n) is 4.20. The minimum atomic E-state index is -0.993. The lowest BCUT2D eigenvalue weighted by Gasteiger charge is -2.27.